The number of benzene rings is 1. The summed E-state index contributed by atoms with van der Waals surface area (Å²) in [4.78, 5) is 22.7. The molecule has 0 N–H and O–H groups in total. The molecule has 0 spiro atoms. The number of pyridine rings is 1. The topological polar surface area (TPSA) is 39.1 Å². The zero-order valence-corrected chi connectivity index (χ0v) is 10.7. The van der Waals surface area contributed by atoms with Gasteiger partial charge in [0.25, 0.3) is 5.56 Å². The van der Waals surface area contributed by atoms with Crippen LogP contribution in [-0.2, 0) is 0 Å². The summed E-state index contributed by atoms with van der Waals surface area (Å²) in [6.45, 7) is 0. The minimum Gasteiger partial charge on any atom is -0.298 e. The Bertz CT molecular complexity index is 619. The normalized spacial score (nSPS) is 10.2. The molecular weight excluding hydrogens is 336 g/mol. The number of nitrogens with zero attached hydrogens (tertiary/aromatic N) is 1. The zero-order valence-electron chi connectivity index (χ0n) is 8.56. The first-order valence-electron chi connectivity index (χ1n) is 4.76. The Labute approximate surface area is 110 Å². The van der Waals surface area contributed by atoms with E-state index < -0.39 is 5.56 Å². The number of carbonyl (C=O) groups is 1. The smallest absolute Gasteiger partial charge is 0.266 e. The van der Waals surface area contributed by atoms with Crippen LogP contribution in [0.25, 0.3) is 5.69 Å². The standard InChI is InChI=1S/C12H7FINO2/c13-8-1-3-9(4-2-8)15-6-5-11(14)10(7-16)12(15)17/h1-7H. The summed E-state index contributed by atoms with van der Waals surface area (Å²) in [7, 11) is 0. The number of carbonyl (C=O) groups excluding carboxylic acids is 1. The van der Waals surface area contributed by atoms with Crippen LogP contribution in [0, 0.1) is 9.39 Å². The van der Waals surface area contributed by atoms with E-state index in [4.69, 9.17) is 0 Å². The third-order valence-electron chi connectivity index (χ3n) is 2.30. The highest BCUT2D eigenvalue weighted by Crippen LogP contribution is 2.10. The predicted molar refractivity (Wildman–Crippen MR) is 70.1 cm³/mol. The van der Waals surface area contributed by atoms with Gasteiger partial charge in [-0.2, -0.15) is 0 Å². The maximum atomic E-state index is 12.8. The van der Waals surface area contributed by atoms with Crippen molar-refractivity contribution in [1.82, 2.24) is 4.57 Å². The highest BCUT2D eigenvalue weighted by molar-refractivity contribution is 14.1. The highest BCUT2D eigenvalue weighted by atomic mass is 127. The monoisotopic (exact) mass is 343 g/mol. The first kappa shape index (κ1) is 12.0. The SMILES string of the molecule is O=Cc1c(I)ccn(-c2ccc(F)cc2)c1=O. The lowest BCUT2D eigenvalue weighted by Crippen LogP contribution is -2.22. The van der Waals surface area contributed by atoms with E-state index in [-0.39, 0.29) is 11.4 Å². The fourth-order valence-electron chi connectivity index (χ4n) is 1.44. The number of halogens is 2. The fourth-order valence-corrected chi connectivity index (χ4v) is 1.96. The number of rotatable bonds is 2. The second-order valence-corrected chi connectivity index (χ2v) is 4.51. The van der Waals surface area contributed by atoms with Gasteiger partial charge < -0.3 is 0 Å². The molecule has 2 aromatic rings. The molecular formula is C12H7FINO2. The molecule has 5 heteroatoms. The van der Waals surface area contributed by atoms with Crippen LogP contribution in [0.5, 0.6) is 0 Å². The van der Waals surface area contributed by atoms with Crippen LogP contribution in [-0.4, -0.2) is 10.9 Å². The largest absolute Gasteiger partial charge is 0.298 e. The number of aldehydes is 1. The van der Waals surface area contributed by atoms with Gasteiger partial charge in [0.05, 0.1) is 5.56 Å². The third kappa shape index (κ3) is 2.28. The summed E-state index contributed by atoms with van der Waals surface area (Å²) >= 11 is 1.92. The van der Waals surface area contributed by atoms with E-state index in [9.17, 15) is 14.0 Å². The van der Waals surface area contributed by atoms with Crippen LogP contribution in [0.2, 0.25) is 0 Å². The molecule has 0 amide bonds. The molecule has 0 saturated carbocycles. The summed E-state index contributed by atoms with van der Waals surface area (Å²) in [5, 5.41) is 0. The summed E-state index contributed by atoms with van der Waals surface area (Å²) in [5.41, 5.74) is 0.229. The maximum absolute atomic E-state index is 12.8. The van der Waals surface area contributed by atoms with Crippen molar-refractivity contribution < 1.29 is 9.18 Å². The molecule has 0 fully saturated rings. The first-order chi connectivity index (χ1) is 8.13. The van der Waals surface area contributed by atoms with Crippen molar-refractivity contribution in [3.8, 4) is 5.69 Å². The minimum absolute atomic E-state index is 0.109. The molecule has 0 bridgehead atoms. The van der Waals surface area contributed by atoms with Gasteiger partial charge in [0.15, 0.2) is 6.29 Å². The lowest BCUT2D eigenvalue weighted by atomic mass is 10.2. The van der Waals surface area contributed by atoms with Crippen LogP contribution in [0.1, 0.15) is 10.4 Å². The van der Waals surface area contributed by atoms with Gasteiger partial charge in [0.1, 0.15) is 5.82 Å². The molecule has 0 aliphatic carbocycles. The van der Waals surface area contributed by atoms with Crippen molar-refractivity contribution in [3.05, 3.63) is 61.8 Å². The van der Waals surface area contributed by atoms with Gasteiger partial charge in [-0.25, -0.2) is 4.39 Å². The Kier molecular flexibility index (Phi) is 3.37. The van der Waals surface area contributed by atoms with E-state index in [0.717, 1.165) is 0 Å². The van der Waals surface area contributed by atoms with Crippen LogP contribution >= 0.6 is 22.6 Å². The van der Waals surface area contributed by atoms with Crippen molar-refractivity contribution in [1.29, 1.82) is 0 Å². The van der Waals surface area contributed by atoms with E-state index in [1.165, 1.54) is 28.8 Å². The van der Waals surface area contributed by atoms with Crippen LogP contribution in [0.4, 0.5) is 4.39 Å². The van der Waals surface area contributed by atoms with Crippen molar-refractivity contribution in [2.45, 2.75) is 0 Å². The fraction of sp³-hybridized carbons (Fsp3) is 0. The van der Waals surface area contributed by atoms with Gasteiger partial charge >= 0.3 is 0 Å². The molecule has 17 heavy (non-hydrogen) atoms. The quantitative estimate of drug-likeness (QED) is 0.621. The molecule has 1 heterocycles. The Morgan fingerprint density at radius 1 is 1.18 bits per heavy atom. The summed E-state index contributed by atoms with van der Waals surface area (Å²) in [6, 6.07) is 7.16. The number of hydrogen-bond donors (Lipinski definition) is 0. The first-order valence-corrected chi connectivity index (χ1v) is 5.83. The van der Waals surface area contributed by atoms with E-state index in [0.29, 0.717) is 15.5 Å². The number of hydrogen-bond acceptors (Lipinski definition) is 2. The van der Waals surface area contributed by atoms with Crippen molar-refractivity contribution in [3.63, 3.8) is 0 Å². The summed E-state index contributed by atoms with van der Waals surface area (Å²) in [6.07, 6.45) is 2.09. The van der Waals surface area contributed by atoms with Gasteiger partial charge in [0.2, 0.25) is 0 Å². The molecule has 1 aromatic heterocycles. The molecule has 0 radical (unpaired) electrons. The summed E-state index contributed by atoms with van der Waals surface area (Å²) < 4.78 is 14.7. The van der Waals surface area contributed by atoms with E-state index in [1.54, 1.807) is 12.3 Å². The van der Waals surface area contributed by atoms with Crippen LogP contribution < -0.4 is 5.56 Å². The van der Waals surface area contributed by atoms with Crippen molar-refractivity contribution in [2.24, 2.45) is 0 Å². The third-order valence-corrected chi connectivity index (χ3v) is 3.24. The molecule has 0 saturated heterocycles. The highest BCUT2D eigenvalue weighted by Gasteiger charge is 2.08. The molecule has 2 rings (SSSR count). The molecule has 0 unspecified atom stereocenters. The van der Waals surface area contributed by atoms with Gasteiger partial charge in [-0.05, 0) is 52.9 Å². The van der Waals surface area contributed by atoms with E-state index in [1.807, 2.05) is 22.6 Å². The van der Waals surface area contributed by atoms with Gasteiger partial charge in [-0.3, -0.25) is 14.2 Å². The van der Waals surface area contributed by atoms with Crippen molar-refractivity contribution >= 4 is 28.9 Å². The van der Waals surface area contributed by atoms with Gasteiger partial charge in [-0.1, -0.05) is 0 Å². The molecule has 86 valence electrons. The van der Waals surface area contributed by atoms with E-state index in [2.05, 4.69) is 0 Å². The zero-order chi connectivity index (χ0) is 12.4. The van der Waals surface area contributed by atoms with Crippen LogP contribution in [0.15, 0.2) is 41.3 Å². The average Bonchev–Trinajstić information content (AvgIpc) is 2.31. The Balaban J connectivity index is 2.65. The van der Waals surface area contributed by atoms with Gasteiger partial charge in [-0.15, -0.1) is 0 Å². The second-order valence-electron chi connectivity index (χ2n) is 3.35. The molecule has 0 atom stereocenters. The molecule has 3 nitrogen and oxygen atoms in total. The molecule has 0 aliphatic rings. The Hall–Kier alpha value is -1.50. The van der Waals surface area contributed by atoms with Gasteiger partial charge in [0, 0.05) is 15.5 Å². The minimum atomic E-state index is -0.404. The van der Waals surface area contributed by atoms with E-state index >= 15 is 0 Å². The average molecular weight is 343 g/mol. The second kappa shape index (κ2) is 4.79. The summed E-state index contributed by atoms with van der Waals surface area (Å²) in [5.74, 6) is -0.372. The lowest BCUT2D eigenvalue weighted by Gasteiger charge is -2.06. The maximum Gasteiger partial charge on any atom is 0.266 e. The lowest BCUT2D eigenvalue weighted by molar-refractivity contribution is 0.112. The number of aromatic nitrogens is 1. The molecule has 0 aliphatic heterocycles. The predicted octanol–water partition coefficient (Wildman–Crippen LogP) is 2.39. The van der Waals surface area contributed by atoms with Crippen LogP contribution in [0.3, 0.4) is 0 Å². The molecule has 1 aromatic carbocycles. The Morgan fingerprint density at radius 2 is 1.82 bits per heavy atom. The van der Waals surface area contributed by atoms with Crippen molar-refractivity contribution in [2.75, 3.05) is 0 Å². The Morgan fingerprint density at radius 3 is 2.41 bits per heavy atom.